The van der Waals surface area contributed by atoms with Crippen molar-refractivity contribution in [2.45, 2.75) is 27.7 Å². The van der Waals surface area contributed by atoms with Gasteiger partial charge in [-0.2, -0.15) is 9.78 Å². The summed E-state index contributed by atoms with van der Waals surface area (Å²) >= 11 is 0. The van der Waals surface area contributed by atoms with Gasteiger partial charge in [-0.3, -0.25) is 4.79 Å². The average Bonchev–Trinajstić information content (AvgIpc) is 3.02. The summed E-state index contributed by atoms with van der Waals surface area (Å²) in [6.45, 7) is 7.82. The molecule has 0 bridgehead atoms. The number of fused-ring (bicyclic) bond motifs is 1. The van der Waals surface area contributed by atoms with Gasteiger partial charge in [0.25, 0.3) is 5.91 Å². The molecule has 0 aliphatic heterocycles. The molecule has 0 radical (unpaired) electrons. The fourth-order valence-electron chi connectivity index (χ4n) is 3.56. The van der Waals surface area contributed by atoms with Crippen LogP contribution >= 0.6 is 0 Å². The predicted octanol–water partition coefficient (Wildman–Crippen LogP) is 5.18. The zero-order chi connectivity index (χ0) is 21.6. The Morgan fingerprint density at radius 3 is 2.47 bits per heavy atom. The second-order valence-corrected chi connectivity index (χ2v) is 7.44. The number of benzene rings is 2. The molecular weight excluding hydrogens is 386 g/mol. The third-order valence-corrected chi connectivity index (χ3v) is 4.91. The first-order valence-corrected chi connectivity index (χ1v) is 9.45. The smallest absolute Gasteiger partial charge is 0.259 e. The van der Waals surface area contributed by atoms with E-state index in [-0.39, 0.29) is 5.56 Å². The van der Waals surface area contributed by atoms with Gasteiger partial charge in [0.05, 0.1) is 16.8 Å². The summed E-state index contributed by atoms with van der Waals surface area (Å²) in [7, 11) is 0. The van der Waals surface area contributed by atoms with Gasteiger partial charge in [-0.05, 0) is 63.1 Å². The lowest BCUT2D eigenvalue weighted by Gasteiger charge is -2.12. The highest BCUT2D eigenvalue weighted by Crippen LogP contribution is 2.26. The van der Waals surface area contributed by atoms with Gasteiger partial charge in [0, 0.05) is 17.5 Å². The molecule has 1 N–H and O–H groups in total. The molecule has 2 aromatic heterocycles. The van der Waals surface area contributed by atoms with Crippen LogP contribution in [0.2, 0.25) is 0 Å². The van der Waals surface area contributed by atoms with Gasteiger partial charge in [-0.15, -0.1) is 0 Å². The number of nitrogens with zero attached hydrogens (tertiary/aromatic N) is 3. The number of carbonyl (C=O) groups excluding carboxylic acids is 1. The van der Waals surface area contributed by atoms with Gasteiger partial charge < -0.3 is 5.32 Å². The molecule has 0 aliphatic rings. The number of halogens is 2. The van der Waals surface area contributed by atoms with Crippen molar-refractivity contribution in [1.82, 2.24) is 14.8 Å². The summed E-state index contributed by atoms with van der Waals surface area (Å²) in [6.07, 6.45) is 0. The number of aromatic nitrogens is 3. The first kappa shape index (κ1) is 19.7. The van der Waals surface area contributed by atoms with Crippen molar-refractivity contribution in [3.63, 3.8) is 0 Å². The van der Waals surface area contributed by atoms with Crippen molar-refractivity contribution in [2.24, 2.45) is 0 Å². The Kier molecular flexibility index (Phi) is 4.81. The maximum Gasteiger partial charge on any atom is 0.259 e. The highest BCUT2D eigenvalue weighted by Gasteiger charge is 2.17. The SMILES string of the molecule is Cc1cc(C)c2nc(-n3nc(C)cc3NC(=O)c3ccc(F)cc3F)cc(C)c2c1. The van der Waals surface area contributed by atoms with Crippen LogP contribution in [0.3, 0.4) is 0 Å². The van der Waals surface area contributed by atoms with E-state index in [9.17, 15) is 13.6 Å². The van der Waals surface area contributed by atoms with Crippen molar-refractivity contribution in [3.05, 3.63) is 82.0 Å². The van der Waals surface area contributed by atoms with Gasteiger partial charge in [-0.1, -0.05) is 11.6 Å². The third kappa shape index (κ3) is 3.54. The minimum absolute atomic E-state index is 0.254. The lowest BCUT2D eigenvalue weighted by molar-refractivity contribution is 0.102. The molecule has 2 aromatic carbocycles. The Hall–Kier alpha value is -3.61. The molecular formula is C23H20F2N4O. The van der Waals surface area contributed by atoms with E-state index in [1.54, 1.807) is 13.0 Å². The van der Waals surface area contributed by atoms with Crippen molar-refractivity contribution in [2.75, 3.05) is 5.32 Å². The highest BCUT2D eigenvalue weighted by molar-refractivity contribution is 6.04. The summed E-state index contributed by atoms with van der Waals surface area (Å²) in [5, 5.41) is 8.16. The summed E-state index contributed by atoms with van der Waals surface area (Å²) in [6, 6.07) is 10.5. The topological polar surface area (TPSA) is 59.8 Å². The zero-order valence-electron chi connectivity index (χ0n) is 17.0. The van der Waals surface area contributed by atoms with Crippen LogP contribution in [0.4, 0.5) is 14.6 Å². The number of rotatable bonds is 3. The molecule has 0 saturated heterocycles. The van der Waals surface area contributed by atoms with E-state index in [1.165, 1.54) is 4.68 Å². The van der Waals surface area contributed by atoms with Crippen LogP contribution in [0, 0.1) is 39.3 Å². The van der Waals surface area contributed by atoms with E-state index in [1.807, 2.05) is 26.8 Å². The highest BCUT2D eigenvalue weighted by atomic mass is 19.1. The van der Waals surface area contributed by atoms with E-state index >= 15 is 0 Å². The lowest BCUT2D eigenvalue weighted by atomic mass is 10.0. The van der Waals surface area contributed by atoms with E-state index in [4.69, 9.17) is 4.98 Å². The minimum atomic E-state index is -0.930. The van der Waals surface area contributed by atoms with Gasteiger partial charge in [0.15, 0.2) is 5.82 Å². The Morgan fingerprint density at radius 2 is 1.73 bits per heavy atom. The number of carbonyl (C=O) groups is 1. The van der Waals surface area contributed by atoms with Crippen LogP contribution < -0.4 is 5.32 Å². The van der Waals surface area contributed by atoms with Crippen LogP contribution in [0.5, 0.6) is 0 Å². The molecule has 0 saturated carbocycles. The fraction of sp³-hybridized carbons (Fsp3) is 0.174. The molecule has 152 valence electrons. The number of anilines is 1. The van der Waals surface area contributed by atoms with E-state index < -0.39 is 17.5 Å². The van der Waals surface area contributed by atoms with Gasteiger partial charge >= 0.3 is 0 Å². The van der Waals surface area contributed by atoms with E-state index in [0.29, 0.717) is 23.4 Å². The summed E-state index contributed by atoms with van der Waals surface area (Å²) < 4.78 is 28.7. The molecule has 4 aromatic rings. The Balaban J connectivity index is 1.78. The number of nitrogens with one attached hydrogen (secondary N) is 1. The molecule has 30 heavy (non-hydrogen) atoms. The maximum absolute atomic E-state index is 14.0. The maximum atomic E-state index is 14.0. The fourth-order valence-corrected chi connectivity index (χ4v) is 3.56. The van der Waals surface area contributed by atoms with Crippen LogP contribution in [-0.2, 0) is 0 Å². The standard InChI is InChI=1S/C23H20F2N4O/c1-12-7-14(3)22-18(8-12)13(2)9-20(26-22)29-21(10-15(4)28-29)27-23(30)17-6-5-16(24)11-19(17)25/h5-11H,1-4H3,(H,27,30). The number of pyridine rings is 1. The van der Waals surface area contributed by atoms with Gasteiger partial charge in [0.2, 0.25) is 0 Å². The number of amides is 1. The molecule has 1 amide bonds. The molecule has 0 aliphatic carbocycles. The molecule has 0 unspecified atom stereocenters. The number of aryl methyl sites for hydroxylation is 4. The minimum Gasteiger partial charge on any atom is -0.306 e. The van der Waals surface area contributed by atoms with Crippen molar-refractivity contribution < 1.29 is 13.6 Å². The Morgan fingerprint density at radius 1 is 0.967 bits per heavy atom. The quantitative estimate of drug-likeness (QED) is 0.510. The zero-order valence-corrected chi connectivity index (χ0v) is 17.0. The van der Waals surface area contributed by atoms with Crippen molar-refractivity contribution in [3.8, 4) is 5.82 Å². The third-order valence-electron chi connectivity index (χ3n) is 4.91. The van der Waals surface area contributed by atoms with Gasteiger partial charge in [-0.25, -0.2) is 13.8 Å². The van der Waals surface area contributed by atoms with Crippen molar-refractivity contribution >= 4 is 22.6 Å². The Bertz CT molecular complexity index is 1310. The monoisotopic (exact) mass is 406 g/mol. The largest absolute Gasteiger partial charge is 0.306 e. The number of hydrogen-bond acceptors (Lipinski definition) is 3. The second-order valence-electron chi connectivity index (χ2n) is 7.44. The summed E-state index contributed by atoms with van der Waals surface area (Å²) in [5.74, 6) is -1.49. The summed E-state index contributed by atoms with van der Waals surface area (Å²) in [4.78, 5) is 17.3. The molecule has 5 nitrogen and oxygen atoms in total. The Labute approximate surface area is 172 Å². The first-order chi connectivity index (χ1) is 14.2. The van der Waals surface area contributed by atoms with Crippen LogP contribution in [0.25, 0.3) is 16.7 Å². The van der Waals surface area contributed by atoms with Gasteiger partial charge in [0.1, 0.15) is 17.5 Å². The first-order valence-electron chi connectivity index (χ1n) is 9.45. The van der Waals surface area contributed by atoms with E-state index in [0.717, 1.165) is 39.7 Å². The number of hydrogen-bond donors (Lipinski definition) is 1. The molecule has 0 atom stereocenters. The summed E-state index contributed by atoms with van der Waals surface area (Å²) in [5.41, 5.74) is 4.47. The lowest BCUT2D eigenvalue weighted by Crippen LogP contribution is -2.17. The molecule has 4 rings (SSSR count). The molecule has 0 spiro atoms. The second kappa shape index (κ2) is 7.33. The predicted molar refractivity (Wildman–Crippen MR) is 112 cm³/mol. The van der Waals surface area contributed by atoms with Crippen molar-refractivity contribution in [1.29, 1.82) is 0 Å². The average molecular weight is 406 g/mol. The molecule has 2 heterocycles. The van der Waals surface area contributed by atoms with Crippen LogP contribution in [0.15, 0.2) is 42.5 Å². The molecule has 7 heteroatoms. The molecule has 0 fully saturated rings. The van der Waals surface area contributed by atoms with E-state index in [2.05, 4.69) is 22.5 Å². The normalized spacial score (nSPS) is 11.1. The van der Waals surface area contributed by atoms with Crippen LogP contribution in [-0.4, -0.2) is 20.7 Å². The van der Waals surface area contributed by atoms with Crippen LogP contribution in [0.1, 0.15) is 32.7 Å².